The number of rotatable bonds is 5. The zero-order valence-electron chi connectivity index (χ0n) is 17.4. The Bertz CT molecular complexity index is 1090. The smallest absolute Gasteiger partial charge is 0.407 e. The van der Waals surface area contributed by atoms with Crippen molar-refractivity contribution >= 4 is 33.3 Å². The van der Waals surface area contributed by atoms with Crippen LogP contribution in [0.25, 0.3) is 0 Å². The minimum absolute atomic E-state index is 0.0233. The summed E-state index contributed by atoms with van der Waals surface area (Å²) in [5, 5.41) is 12.9. The molecule has 0 radical (unpaired) electrons. The van der Waals surface area contributed by atoms with Crippen LogP contribution in [0, 0.1) is 5.82 Å². The van der Waals surface area contributed by atoms with Gasteiger partial charge in [-0.05, 0) is 51.2 Å². The lowest BCUT2D eigenvalue weighted by Gasteiger charge is -2.19. The van der Waals surface area contributed by atoms with Crippen LogP contribution in [0.5, 0.6) is 0 Å². The van der Waals surface area contributed by atoms with E-state index in [1.165, 1.54) is 6.07 Å². The maximum absolute atomic E-state index is 14.5. The second-order valence-electron chi connectivity index (χ2n) is 8.33. The van der Waals surface area contributed by atoms with E-state index >= 15 is 0 Å². The zero-order valence-corrected chi connectivity index (χ0v) is 18.2. The highest BCUT2D eigenvalue weighted by Gasteiger charge is 2.30. The van der Waals surface area contributed by atoms with Gasteiger partial charge in [0.05, 0.1) is 17.1 Å². The summed E-state index contributed by atoms with van der Waals surface area (Å²) < 4.78 is 45.7. The summed E-state index contributed by atoms with van der Waals surface area (Å²) in [7, 11) is -3.40. The van der Waals surface area contributed by atoms with Gasteiger partial charge in [0, 0.05) is 29.8 Å². The number of aryl methyl sites for hydroxylation is 1. The van der Waals surface area contributed by atoms with E-state index in [9.17, 15) is 17.6 Å². The Morgan fingerprint density at radius 1 is 1.29 bits per heavy atom. The fraction of sp³-hybridized carbons (Fsp3) is 0.500. The van der Waals surface area contributed by atoms with E-state index in [2.05, 4.69) is 25.6 Å². The molecule has 1 aromatic heterocycles. The minimum atomic E-state index is -3.40. The Labute approximate surface area is 180 Å². The molecule has 1 amide bonds. The molecule has 1 saturated carbocycles. The normalized spacial score (nSPS) is 21.9. The molecule has 0 spiro atoms. The summed E-state index contributed by atoms with van der Waals surface area (Å²) in [5.41, 5.74) is 2.13. The van der Waals surface area contributed by atoms with Crippen molar-refractivity contribution < 1.29 is 22.3 Å². The van der Waals surface area contributed by atoms with Gasteiger partial charge in [-0.15, -0.1) is 0 Å². The molecular weight excluding hydrogens is 425 g/mol. The van der Waals surface area contributed by atoms with Gasteiger partial charge < -0.3 is 15.4 Å². The van der Waals surface area contributed by atoms with Crippen LogP contribution in [-0.4, -0.2) is 42.6 Å². The molecule has 9 nitrogen and oxygen atoms in total. The lowest BCUT2D eigenvalue weighted by Crippen LogP contribution is -2.33. The van der Waals surface area contributed by atoms with Crippen LogP contribution < -0.4 is 15.4 Å². The van der Waals surface area contributed by atoms with Crippen LogP contribution >= 0.6 is 0 Å². The van der Waals surface area contributed by atoms with Crippen LogP contribution in [0.3, 0.4) is 0 Å². The van der Waals surface area contributed by atoms with E-state index in [4.69, 9.17) is 4.74 Å². The van der Waals surface area contributed by atoms with Crippen molar-refractivity contribution in [2.75, 3.05) is 15.8 Å². The number of hydrogen-bond acceptors (Lipinski definition) is 6. The lowest BCUT2D eigenvalue weighted by atomic mass is 10.0. The van der Waals surface area contributed by atoms with Crippen molar-refractivity contribution in [3.05, 3.63) is 35.3 Å². The summed E-state index contributed by atoms with van der Waals surface area (Å²) in [6, 6.07) is 4.63. The van der Waals surface area contributed by atoms with Gasteiger partial charge in [-0.1, -0.05) is 0 Å². The second kappa shape index (κ2) is 8.37. The highest BCUT2D eigenvalue weighted by Crippen LogP contribution is 2.36. The first-order chi connectivity index (χ1) is 14.7. The van der Waals surface area contributed by atoms with Crippen molar-refractivity contribution in [3.63, 3.8) is 0 Å². The van der Waals surface area contributed by atoms with E-state index in [0.717, 1.165) is 24.1 Å². The second-order valence-corrected chi connectivity index (χ2v) is 10.2. The number of carbonyl (C=O) groups is 1. The number of hydrogen-bond donors (Lipinski definition) is 4. The van der Waals surface area contributed by atoms with Crippen LogP contribution in [-0.2, 0) is 21.2 Å². The molecular formula is C20H26FN5O4S. The van der Waals surface area contributed by atoms with Crippen molar-refractivity contribution in [2.45, 2.75) is 57.6 Å². The van der Waals surface area contributed by atoms with E-state index < -0.39 is 21.9 Å². The number of anilines is 3. The Hall–Kier alpha value is -2.82. The molecule has 4 N–H and O–H groups in total. The van der Waals surface area contributed by atoms with Gasteiger partial charge in [0.1, 0.15) is 11.9 Å². The Kier molecular flexibility index (Phi) is 5.78. The molecule has 2 aliphatic rings. The molecule has 0 unspecified atom stereocenters. The summed E-state index contributed by atoms with van der Waals surface area (Å²) in [4.78, 5) is 11.8. The highest BCUT2D eigenvalue weighted by molar-refractivity contribution is 7.92. The molecule has 0 bridgehead atoms. The average molecular weight is 452 g/mol. The minimum Gasteiger partial charge on any atom is -0.446 e. The number of carbonyl (C=O) groups excluding carboxylic acids is 1. The van der Waals surface area contributed by atoms with Crippen molar-refractivity contribution in [3.8, 4) is 0 Å². The number of nitrogens with zero attached hydrogens (tertiary/aromatic N) is 1. The highest BCUT2D eigenvalue weighted by atomic mass is 32.2. The van der Waals surface area contributed by atoms with E-state index in [1.54, 1.807) is 6.07 Å². The topological polar surface area (TPSA) is 125 Å². The number of alkyl carbamates (subject to hydrolysis) is 1. The third-order valence-corrected chi connectivity index (χ3v) is 6.74. The molecule has 2 heterocycles. The first-order valence-electron chi connectivity index (χ1n) is 10.3. The fourth-order valence-corrected chi connectivity index (χ4v) is 5.09. The summed E-state index contributed by atoms with van der Waals surface area (Å²) >= 11 is 0. The van der Waals surface area contributed by atoms with E-state index in [1.807, 2.05) is 19.9 Å². The number of aromatic nitrogens is 2. The molecule has 2 atom stereocenters. The Morgan fingerprint density at radius 2 is 2.10 bits per heavy atom. The molecule has 1 aliphatic heterocycles. The SMILES string of the molecule is CC(C)NC(=O)O[C@@H]1CC[C@H](c2cc(Nc3cc4c(cc3F)NS(=O)(=O)CC4)n[nH]2)C1. The largest absolute Gasteiger partial charge is 0.446 e. The van der Waals surface area contributed by atoms with Gasteiger partial charge in [0.15, 0.2) is 5.82 Å². The quantitative estimate of drug-likeness (QED) is 0.552. The maximum atomic E-state index is 14.5. The molecule has 31 heavy (non-hydrogen) atoms. The van der Waals surface area contributed by atoms with Gasteiger partial charge in [-0.3, -0.25) is 9.82 Å². The van der Waals surface area contributed by atoms with E-state index in [-0.39, 0.29) is 35.2 Å². The first kappa shape index (κ1) is 21.4. The lowest BCUT2D eigenvalue weighted by molar-refractivity contribution is 0.0981. The van der Waals surface area contributed by atoms with Crippen LogP contribution in [0.1, 0.15) is 50.3 Å². The number of ether oxygens (including phenoxy) is 1. The van der Waals surface area contributed by atoms with Gasteiger partial charge in [-0.2, -0.15) is 5.10 Å². The molecule has 1 aliphatic carbocycles. The monoisotopic (exact) mass is 451 g/mol. The van der Waals surface area contributed by atoms with Crippen molar-refractivity contribution in [1.82, 2.24) is 15.5 Å². The Balaban J connectivity index is 1.39. The predicted molar refractivity (Wildman–Crippen MR) is 115 cm³/mol. The number of H-pyrrole nitrogens is 1. The zero-order chi connectivity index (χ0) is 22.2. The van der Waals surface area contributed by atoms with Gasteiger partial charge in [-0.25, -0.2) is 17.6 Å². The maximum Gasteiger partial charge on any atom is 0.407 e. The number of nitrogens with one attached hydrogen (secondary N) is 4. The van der Waals surface area contributed by atoms with Gasteiger partial charge in [0.25, 0.3) is 0 Å². The van der Waals surface area contributed by atoms with E-state index in [0.29, 0.717) is 18.7 Å². The molecule has 11 heteroatoms. The third-order valence-electron chi connectivity index (χ3n) is 5.46. The number of benzene rings is 1. The summed E-state index contributed by atoms with van der Waals surface area (Å²) in [6.07, 6.45) is 2.09. The first-order valence-corrected chi connectivity index (χ1v) is 12.0. The number of fused-ring (bicyclic) bond motifs is 1. The number of aromatic amines is 1. The standard InChI is InChI=1S/C20H26FN5O4S/c1-11(2)22-20(27)30-14-4-3-12(7-14)16-10-19(25-24-16)23-18-8-13-5-6-31(28,29)26-17(13)9-15(18)21/h8-12,14,26H,3-7H2,1-2H3,(H,22,27)(H2,23,24,25)/t12-,14+/m0/s1. The van der Waals surface area contributed by atoms with Gasteiger partial charge in [0.2, 0.25) is 10.0 Å². The fourth-order valence-electron chi connectivity index (χ4n) is 3.98. The molecule has 4 rings (SSSR count). The average Bonchev–Trinajstić information content (AvgIpc) is 3.30. The molecule has 2 aromatic rings. The third kappa shape index (κ3) is 5.09. The summed E-state index contributed by atoms with van der Waals surface area (Å²) in [5.74, 6) is 0.0332. The van der Waals surface area contributed by atoms with Crippen molar-refractivity contribution in [2.24, 2.45) is 0 Å². The molecule has 1 aromatic carbocycles. The van der Waals surface area contributed by atoms with Crippen molar-refractivity contribution in [1.29, 1.82) is 0 Å². The van der Waals surface area contributed by atoms with Gasteiger partial charge >= 0.3 is 6.09 Å². The van der Waals surface area contributed by atoms with Crippen LogP contribution in [0.15, 0.2) is 18.2 Å². The molecule has 168 valence electrons. The Morgan fingerprint density at radius 3 is 2.87 bits per heavy atom. The van der Waals surface area contributed by atoms with Crippen LogP contribution in [0.4, 0.5) is 26.4 Å². The number of sulfonamides is 1. The number of amides is 1. The van der Waals surface area contributed by atoms with Crippen LogP contribution in [0.2, 0.25) is 0 Å². The molecule has 0 saturated heterocycles. The predicted octanol–water partition coefficient (Wildman–Crippen LogP) is 3.36. The molecule has 1 fully saturated rings. The number of halogens is 1. The summed E-state index contributed by atoms with van der Waals surface area (Å²) in [6.45, 7) is 3.75.